The number of aromatic nitrogens is 6. The van der Waals surface area contributed by atoms with Crippen molar-refractivity contribution in [3.05, 3.63) is 42.4 Å². The van der Waals surface area contributed by atoms with Crippen LogP contribution in [0.5, 0.6) is 5.75 Å². The van der Waals surface area contributed by atoms with E-state index < -0.39 is 0 Å². The van der Waals surface area contributed by atoms with E-state index >= 15 is 0 Å². The number of aromatic hydroxyl groups is 1. The van der Waals surface area contributed by atoms with Crippen molar-refractivity contribution in [3.8, 4) is 53.7 Å². The summed E-state index contributed by atoms with van der Waals surface area (Å²) >= 11 is 0. The van der Waals surface area contributed by atoms with E-state index in [4.69, 9.17) is 0 Å². The van der Waals surface area contributed by atoms with Crippen LogP contribution in [0.2, 0.25) is 0 Å². The standard InChI is InChI=1S/C16H14N6O.C9H19N.2C2H2/c1-2-13-12(6-14-16(19-13)21-22-20-14)11-4-3-9(5-15(11)23)10-7-17-18-8-10;1-8(2)6-5-7-9(3,4)10-8;2*1-2/h3-8,23H,2H2,1H3,(H,17,18)(H,19,20,21,22);10H,5-7H2,1-4H3;2*1-2H. The van der Waals surface area contributed by atoms with Crippen LogP contribution >= 0.6 is 0 Å². The van der Waals surface area contributed by atoms with E-state index in [9.17, 15) is 5.11 Å². The Morgan fingerprint density at radius 1 is 0.919 bits per heavy atom. The van der Waals surface area contributed by atoms with Crippen molar-refractivity contribution >= 4 is 11.2 Å². The Balaban J connectivity index is 0.000000289. The number of rotatable bonds is 3. The number of nitrogens with zero attached hydrogens (tertiary/aromatic N) is 4. The summed E-state index contributed by atoms with van der Waals surface area (Å²) in [5, 5.41) is 31.5. The molecule has 8 heteroatoms. The number of terminal acetylenes is 2. The molecule has 0 bridgehead atoms. The van der Waals surface area contributed by atoms with Crippen LogP contribution in [0.1, 0.15) is 59.6 Å². The van der Waals surface area contributed by atoms with Gasteiger partial charge in [0.1, 0.15) is 11.3 Å². The molecule has 3 aromatic heterocycles. The van der Waals surface area contributed by atoms with Crippen LogP contribution in [0.3, 0.4) is 0 Å². The minimum atomic E-state index is 0.197. The number of nitrogens with one attached hydrogen (secondary N) is 3. The highest BCUT2D eigenvalue weighted by molar-refractivity contribution is 5.83. The molecule has 1 fully saturated rings. The quantitative estimate of drug-likeness (QED) is 0.277. The van der Waals surface area contributed by atoms with Gasteiger partial charge in [0.25, 0.3) is 0 Å². The molecule has 8 nitrogen and oxygen atoms in total. The molecule has 0 saturated carbocycles. The molecule has 194 valence electrons. The van der Waals surface area contributed by atoms with Crippen molar-refractivity contribution in [3.63, 3.8) is 0 Å². The number of fused-ring (bicyclic) bond motifs is 1. The van der Waals surface area contributed by atoms with Gasteiger partial charge in [-0.05, 0) is 77.1 Å². The second kappa shape index (κ2) is 12.7. The molecule has 0 atom stereocenters. The summed E-state index contributed by atoms with van der Waals surface area (Å²) in [5.74, 6) is 0.197. The van der Waals surface area contributed by atoms with E-state index in [1.54, 1.807) is 18.5 Å². The number of benzene rings is 1. The largest absolute Gasteiger partial charge is 0.507 e. The highest BCUT2D eigenvalue weighted by Gasteiger charge is 2.31. The maximum absolute atomic E-state index is 10.5. The van der Waals surface area contributed by atoms with Gasteiger partial charge in [-0.1, -0.05) is 13.0 Å². The maximum atomic E-state index is 10.5. The molecule has 0 spiro atoms. The Hall–Kier alpha value is -4.14. The van der Waals surface area contributed by atoms with E-state index in [0.29, 0.717) is 22.2 Å². The number of aryl methyl sites for hydroxylation is 1. The number of phenolic OH excluding ortho intramolecular Hbond substituents is 1. The van der Waals surface area contributed by atoms with Gasteiger partial charge in [0.2, 0.25) is 5.65 Å². The molecule has 0 aliphatic carbocycles. The van der Waals surface area contributed by atoms with E-state index in [1.807, 2.05) is 25.1 Å². The van der Waals surface area contributed by atoms with Gasteiger partial charge in [0, 0.05) is 34.0 Å². The number of hydrogen-bond donors (Lipinski definition) is 4. The van der Waals surface area contributed by atoms with Crippen LogP contribution in [-0.4, -0.2) is 46.8 Å². The average molecular weight is 500 g/mol. The Morgan fingerprint density at radius 3 is 2.11 bits per heavy atom. The van der Waals surface area contributed by atoms with Gasteiger partial charge in [0.15, 0.2) is 0 Å². The van der Waals surface area contributed by atoms with Crippen molar-refractivity contribution in [1.29, 1.82) is 0 Å². The van der Waals surface area contributed by atoms with Crippen LogP contribution in [0, 0.1) is 25.7 Å². The number of pyridine rings is 1. The number of aromatic amines is 2. The van der Waals surface area contributed by atoms with Gasteiger partial charge in [-0.2, -0.15) is 15.4 Å². The highest BCUT2D eigenvalue weighted by Crippen LogP contribution is 2.35. The third-order valence-corrected chi connectivity index (χ3v) is 6.12. The van der Waals surface area contributed by atoms with Gasteiger partial charge in [-0.25, -0.2) is 4.98 Å². The van der Waals surface area contributed by atoms with Gasteiger partial charge >= 0.3 is 0 Å². The molecular weight excluding hydrogens is 462 g/mol. The summed E-state index contributed by atoms with van der Waals surface area (Å²) in [6.07, 6.45) is 24.2. The summed E-state index contributed by atoms with van der Waals surface area (Å²) in [6, 6.07) is 7.47. The molecule has 1 aromatic carbocycles. The molecule has 4 N–H and O–H groups in total. The molecule has 0 amide bonds. The van der Waals surface area contributed by atoms with Crippen LogP contribution in [0.25, 0.3) is 33.4 Å². The van der Waals surface area contributed by atoms with E-state index in [-0.39, 0.29) is 5.75 Å². The SMILES string of the molecule is C#C.C#C.CC1(C)CCCC(C)(C)N1.CCc1nc2n[nH]nc2cc1-c1ccc(-c2cn[nH]c2)cc1O. The fraction of sp³-hybridized carbons (Fsp3) is 0.379. The topological polar surface area (TPSA) is 115 Å². The lowest BCUT2D eigenvalue weighted by Gasteiger charge is -2.42. The maximum Gasteiger partial charge on any atom is 0.201 e. The summed E-state index contributed by atoms with van der Waals surface area (Å²) < 4.78 is 0. The molecular formula is C29H37N7O. The van der Waals surface area contributed by atoms with Gasteiger partial charge < -0.3 is 10.4 Å². The summed E-state index contributed by atoms with van der Waals surface area (Å²) in [5.41, 5.74) is 6.27. The fourth-order valence-corrected chi connectivity index (χ4v) is 4.68. The smallest absolute Gasteiger partial charge is 0.201 e. The van der Waals surface area contributed by atoms with Gasteiger partial charge in [-0.3, -0.25) is 5.10 Å². The van der Waals surface area contributed by atoms with Crippen molar-refractivity contribution in [2.45, 2.75) is 71.4 Å². The minimum absolute atomic E-state index is 0.197. The molecule has 5 rings (SSSR count). The first-order chi connectivity index (χ1) is 17.7. The number of piperidine rings is 1. The summed E-state index contributed by atoms with van der Waals surface area (Å²) in [7, 11) is 0. The predicted octanol–water partition coefficient (Wildman–Crippen LogP) is 5.49. The third-order valence-electron chi connectivity index (χ3n) is 6.12. The van der Waals surface area contributed by atoms with Gasteiger partial charge in [-0.15, -0.1) is 30.8 Å². The Bertz CT molecular complexity index is 1290. The Labute approximate surface area is 219 Å². The zero-order chi connectivity index (χ0) is 27.6. The van der Waals surface area contributed by atoms with Gasteiger partial charge in [0.05, 0.1) is 11.9 Å². The number of phenols is 1. The van der Waals surface area contributed by atoms with Crippen LogP contribution in [0.15, 0.2) is 36.7 Å². The average Bonchev–Trinajstić information content (AvgIpc) is 3.57. The molecule has 0 radical (unpaired) electrons. The zero-order valence-corrected chi connectivity index (χ0v) is 22.3. The molecule has 1 aliphatic heterocycles. The van der Waals surface area contributed by atoms with E-state index in [2.05, 4.69) is 89.3 Å². The molecule has 37 heavy (non-hydrogen) atoms. The molecule has 1 saturated heterocycles. The van der Waals surface area contributed by atoms with Crippen LogP contribution < -0.4 is 5.32 Å². The van der Waals surface area contributed by atoms with E-state index in [0.717, 1.165) is 34.4 Å². The fourth-order valence-electron chi connectivity index (χ4n) is 4.68. The number of hydrogen-bond acceptors (Lipinski definition) is 6. The second-order valence-electron chi connectivity index (χ2n) is 9.97. The van der Waals surface area contributed by atoms with Crippen LogP contribution in [-0.2, 0) is 6.42 Å². The molecule has 0 unspecified atom stereocenters. The lowest BCUT2D eigenvalue weighted by Crippen LogP contribution is -2.55. The van der Waals surface area contributed by atoms with E-state index in [1.165, 1.54) is 19.3 Å². The second-order valence-corrected chi connectivity index (χ2v) is 9.97. The third kappa shape index (κ3) is 7.42. The summed E-state index contributed by atoms with van der Waals surface area (Å²) in [4.78, 5) is 4.51. The monoisotopic (exact) mass is 499 g/mol. The lowest BCUT2D eigenvalue weighted by atomic mass is 9.83. The molecule has 4 aromatic rings. The predicted molar refractivity (Wildman–Crippen MR) is 151 cm³/mol. The first-order valence-corrected chi connectivity index (χ1v) is 12.2. The van der Waals surface area contributed by atoms with Crippen molar-refractivity contribution in [1.82, 2.24) is 35.9 Å². The van der Waals surface area contributed by atoms with Crippen molar-refractivity contribution < 1.29 is 5.11 Å². The highest BCUT2D eigenvalue weighted by atomic mass is 16.3. The lowest BCUT2D eigenvalue weighted by molar-refractivity contribution is 0.183. The molecule has 4 heterocycles. The minimum Gasteiger partial charge on any atom is -0.507 e. The molecule has 1 aliphatic rings. The Morgan fingerprint density at radius 2 is 1.59 bits per heavy atom. The Kier molecular flexibility index (Phi) is 9.99. The van der Waals surface area contributed by atoms with Crippen LogP contribution in [0.4, 0.5) is 0 Å². The number of H-pyrrole nitrogens is 2. The zero-order valence-electron chi connectivity index (χ0n) is 22.3. The summed E-state index contributed by atoms with van der Waals surface area (Å²) in [6.45, 7) is 11.2. The van der Waals surface area contributed by atoms with Crippen molar-refractivity contribution in [2.75, 3.05) is 0 Å². The first-order valence-electron chi connectivity index (χ1n) is 12.2. The van der Waals surface area contributed by atoms with Crippen molar-refractivity contribution in [2.24, 2.45) is 0 Å². The normalized spacial score (nSPS) is 15.2. The first kappa shape index (κ1) is 29.1.